The van der Waals surface area contributed by atoms with Gasteiger partial charge in [-0.1, -0.05) is 24.3 Å². The number of aromatic nitrogens is 3. The summed E-state index contributed by atoms with van der Waals surface area (Å²) in [6.45, 7) is 1.74. The highest BCUT2D eigenvalue weighted by Crippen LogP contribution is 2.20. The molecule has 136 valence electrons. The van der Waals surface area contributed by atoms with Crippen LogP contribution in [0.1, 0.15) is 39.4 Å². The average Bonchev–Trinajstić information content (AvgIpc) is 3.41. The van der Waals surface area contributed by atoms with Crippen molar-refractivity contribution in [2.45, 2.75) is 25.8 Å². The average molecular weight is 361 g/mol. The van der Waals surface area contributed by atoms with Gasteiger partial charge < -0.3 is 10.6 Å². The largest absolute Gasteiger partial charge is 0.349 e. The van der Waals surface area contributed by atoms with Crippen LogP contribution in [0.4, 0.5) is 5.69 Å². The molecule has 2 N–H and O–H groups in total. The molecule has 0 aliphatic heterocycles. The van der Waals surface area contributed by atoms with Crippen LogP contribution < -0.4 is 10.6 Å². The van der Waals surface area contributed by atoms with Gasteiger partial charge in [-0.05, 0) is 50.1 Å². The van der Waals surface area contributed by atoms with Gasteiger partial charge in [0.15, 0.2) is 5.69 Å². The van der Waals surface area contributed by atoms with Crippen LogP contribution in [0.5, 0.6) is 0 Å². The summed E-state index contributed by atoms with van der Waals surface area (Å²) in [5.41, 5.74) is 2.60. The first-order valence-electron chi connectivity index (χ1n) is 8.82. The molecule has 1 aromatic heterocycles. The minimum absolute atomic E-state index is 0.125. The van der Waals surface area contributed by atoms with E-state index in [1.807, 2.05) is 30.3 Å². The highest BCUT2D eigenvalue weighted by Gasteiger charge is 2.24. The van der Waals surface area contributed by atoms with E-state index in [1.165, 1.54) is 4.80 Å². The van der Waals surface area contributed by atoms with Gasteiger partial charge in [0.05, 0.1) is 11.4 Å². The van der Waals surface area contributed by atoms with Crippen LogP contribution in [0.3, 0.4) is 0 Å². The number of carbonyl (C=O) groups is 2. The second-order valence-corrected chi connectivity index (χ2v) is 6.54. The number of para-hydroxylation sites is 1. The summed E-state index contributed by atoms with van der Waals surface area (Å²) in [5, 5.41) is 14.3. The first-order chi connectivity index (χ1) is 13.1. The lowest BCUT2D eigenvalue weighted by Gasteiger charge is -2.07. The fraction of sp³-hybridized carbons (Fsp3) is 0.200. The van der Waals surface area contributed by atoms with Crippen LogP contribution in [0.25, 0.3) is 5.69 Å². The van der Waals surface area contributed by atoms with Gasteiger partial charge in [0, 0.05) is 17.3 Å². The quantitative estimate of drug-likeness (QED) is 0.731. The molecule has 1 aliphatic carbocycles. The highest BCUT2D eigenvalue weighted by molar-refractivity contribution is 6.04. The standard InChI is InChI=1S/C20H19N5O2/c1-13-18(24-25(23-13)17-8-3-2-4-9-17)20(27)22-16-7-5-6-14(12-16)19(26)21-15-10-11-15/h2-9,12,15H,10-11H2,1H3,(H,21,26)(H,22,27). The summed E-state index contributed by atoms with van der Waals surface area (Å²) in [6, 6.07) is 16.5. The molecule has 0 unspecified atom stereocenters. The van der Waals surface area contributed by atoms with Gasteiger partial charge in [0.1, 0.15) is 0 Å². The predicted molar refractivity (Wildman–Crippen MR) is 101 cm³/mol. The molecular weight excluding hydrogens is 342 g/mol. The summed E-state index contributed by atoms with van der Waals surface area (Å²) < 4.78 is 0. The summed E-state index contributed by atoms with van der Waals surface area (Å²) in [6.07, 6.45) is 2.05. The van der Waals surface area contributed by atoms with Gasteiger partial charge in [-0.15, -0.1) is 5.10 Å². The Morgan fingerprint density at radius 3 is 2.52 bits per heavy atom. The monoisotopic (exact) mass is 361 g/mol. The normalized spacial score (nSPS) is 13.2. The third-order valence-electron chi connectivity index (χ3n) is 4.28. The van der Waals surface area contributed by atoms with Crippen molar-refractivity contribution in [3.05, 3.63) is 71.5 Å². The summed E-state index contributed by atoms with van der Waals surface area (Å²) in [5.74, 6) is -0.491. The number of rotatable bonds is 5. The molecule has 0 bridgehead atoms. The molecule has 3 aromatic rings. The number of amides is 2. The number of hydrogen-bond acceptors (Lipinski definition) is 4. The zero-order valence-electron chi connectivity index (χ0n) is 14.8. The van der Waals surface area contributed by atoms with Crippen molar-refractivity contribution in [3.63, 3.8) is 0 Å². The number of carbonyl (C=O) groups excluding carboxylic acids is 2. The molecule has 2 amide bonds. The number of nitrogens with zero attached hydrogens (tertiary/aromatic N) is 3. The van der Waals surface area contributed by atoms with Gasteiger partial charge in [0.25, 0.3) is 11.8 Å². The number of benzene rings is 2. The topological polar surface area (TPSA) is 88.9 Å². The number of aryl methyl sites for hydroxylation is 1. The molecule has 27 heavy (non-hydrogen) atoms. The van der Waals surface area contributed by atoms with Crippen LogP contribution in [0.2, 0.25) is 0 Å². The Kier molecular flexibility index (Phi) is 4.42. The SMILES string of the molecule is Cc1nn(-c2ccccc2)nc1C(=O)Nc1cccc(C(=O)NC2CC2)c1. The van der Waals surface area contributed by atoms with Crippen molar-refractivity contribution >= 4 is 17.5 Å². The fourth-order valence-electron chi connectivity index (χ4n) is 2.69. The van der Waals surface area contributed by atoms with Crippen LogP contribution >= 0.6 is 0 Å². The minimum atomic E-state index is -0.366. The minimum Gasteiger partial charge on any atom is -0.349 e. The van der Waals surface area contributed by atoms with Crippen molar-refractivity contribution in [2.75, 3.05) is 5.32 Å². The lowest BCUT2D eigenvalue weighted by Crippen LogP contribution is -2.25. The van der Waals surface area contributed by atoms with Crippen molar-refractivity contribution in [1.82, 2.24) is 20.3 Å². The van der Waals surface area contributed by atoms with E-state index in [9.17, 15) is 9.59 Å². The van der Waals surface area contributed by atoms with E-state index in [-0.39, 0.29) is 23.6 Å². The third kappa shape index (κ3) is 3.87. The smallest absolute Gasteiger partial charge is 0.278 e. The van der Waals surface area contributed by atoms with Gasteiger partial charge >= 0.3 is 0 Å². The lowest BCUT2D eigenvalue weighted by molar-refractivity contribution is 0.0949. The van der Waals surface area contributed by atoms with Crippen molar-refractivity contribution < 1.29 is 9.59 Å². The van der Waals surface area contributed by atoms with Gasteiger partial charge in [0.2, 0.25) is 0 Å². The fourth-order valence-corrected chi connectivity index (χ4v) is 2.69. The second kappa shape index (κ2) is 7.03. The zero-order valence-corrected chi connectivity index (χ0v) is 14.8. The van der Waals surface area contributed by atoms with Crippen molar-refractivity contribution in [3.8, 4) is 5.69 Å². The molecule has 7 heteroatoms. The first-order valence-corrected chi connectivity index (χ1v) is 8.82. The van der Waals surface area contributed by atoms with E-state index >= 15 is 0 Å². The zero-order chi connectivity index (χ0) is 18.8. The van der Waals surface area contributed by atoms with Crippen LogP contribution in [-0.2, 0) is 0 Å². The number of nitrogens with one attached hydrogen (secondary N) is 2. The molecule has 4 rings (SSSR count). The van der Waals surface area contributed by atoms with Crippen LogP contribution in [-0.4, -0.2) is 32.9 Å². The van der Waals surface area contributed by atoms with E-state index in [1.54, 1.807) is 31.2 Å². The van der Waals surface area contributed by atoms with Crippen molar-refractivity contribution in [2.24, 2.45) is 0 Å². The Morgan fingerprint density at radius 2 is 1.78 bits per heavy atom. The molecular formula is C20H19N5O2. The summed E-state index contributed by atoms with van der Waals surface area (Å²) in [7, 11) is 0. The molecule has 7 nitrogen and oxygen atoms in total. The Morgan fingerprint density at radius 1 is 1.00 bits per heavy atom. The van der Waals surface area contributed by atoms with E-state index in [0.29, 0.717) is 16.9 Å². The summed E-state index contributed by atoms with van der Waals surface area (Å²) >= 11 is 0. The van der Waals surface area contributed by atoms with E-state index in [0.717, 1.165) is 18.5 Å². The molecule has 1 aliphatic rings. The van der Waals surface area contributed by atoms with Crippen molar-refractivity contribution in [1.29, 1.82) is 0 Å². The molecule has 0 radical (unpaired) electrons. The Hall–Kier alpha value is -3.48. The maximum Gasteiger partial charge on any atom is 0.278 e. The first kappa shape index (κ1) is 17.0. The van der Waals surface area contributed by atoms with Gasteiger partial charge in [-0.2, -0.15) is 9.90 Å². The molecule has 1 saturated carbocycles. The molecule has 0 saturated heterocycles. The Balaban J connectivity index is 1.51. The van der Waals surface area contributed by atoms with E-state index in [2.05, 4.69) is 20.8 Å². The van der Waals surface area contributed by atoms with E-state index in [4.69, 9.17) is 0 Å². The maximum atomic E-state index is 12.6. The number of anilines is 1. The molecule has 1 fully saturated rings. The highest BCUT2D eigenvalue weighted by atomic mass is 16.2. The lowest BCUT2D eigenvalue weighted by atomic mass is 10.2. The third-order valence-corrected chi connectivity index (χ3v) is 4.28. The van der Waals surface area contributed by atoms with Crippen LogP contribution in [0, 0.1) is 6.92 Å². The maximum absolute atomic E-state index is 12.6. The summed E-state index contributed by atoms with van der Waals surface area (Å²) in [4.78, 5) is 26.2. The Labute approximate surface area is 156 Å². The molecule has 0 atom stereocenters. The van der Waals surface area contributed by atoms with E-state index < -0.39 is 0 Å². The molecule has 1 heterocycles. The van der Waals surface area contributed by atoms with Crippen LogP contribution in [0.15, 0.2) is 54.6 Å². The number of hydrogen-bond donors (Lipinski definition) is 2. The second-order valence-electron chi connectivity index (χ2n) is 6.54. The molecule has 2 aromatic carbocycles. The Bertz CT molecular complexity index is 993. The van der Waals surface area contributed by atoms with Gasteiger partial charge in [-0.3, -0.25) is 9.59 Å². The molecule has 0 spiro atoms. The predicted octanol–water partition coefficient (Wildman–Crippen LogP) is 2.72. The van der Waals surface area contributed by atoms with Gasteiger partial charge in [-0.25, -0.2) is 0 Å².